The van der Waals surface area contributed by atoms with Gasteiger partial charge in [0.1, 0.15) is 18.3 Å². The lowest BCUT2D eigenvalue weighted by atomic mass is 10.1. The lowest BCUT2D eigenvalue weighted by molar-refractivity contribution is -0.140. The summed E-state index contributed by atoms with van der Waals surface area (Å²) in [6.45, 7) is 11.1. The Morgan fingerprint density at radius 3 is 2.08 bits per heavy atom. The zero-order chi connectivity index (χ0) is 29.5. The van der Waals surface area contributed by atoms with Crippen LogP contribution in [0.3, 0.4) is 0 Å². The Morgan fingerprint density at radius 1 is 0.925 bits per heavy atom. The van der Waals surface area contributed by atoms with Crippen LogP contribution in [0.1, 0.15) is 45.7 Å². The third-order valence-corrected chi connectivity index (χ3v) is 7.97. The predicted octanol–water partition coefficient (Wildman–Crippen LogP) is 4.92. The molecule has 214 valence electrons. The van der Waals surface area contributed by atoms with E-state index in [1.165, 1.54) is 17.0 Å². The van der Waals surface area contributed by atoms with E-state index < -0.39 is 34.1 Å². The first-order valence-electron chi connectivity index (χ1n) is 13.3. The van der Waals surface area contributed by atoms with Crippen molar-refractivity contribution in [3.63, 3.8) is 0 Å². The molecule has 3 rings (SSSR count). The number of aryl methyl sites for hydroxylation is 1. The Bertz CT molecular complexity index is 1380. The minimum absolute atomic E-state index is 0.0254. The van der Waals surface area contributed by atoms with E-state index in [-0.39, 0.29) is 17.3 Å². The first-order valence-corrected chi connectivity index (χ1v) is 14.7. The van der Waals surface area contributed by atoms with Crippen molar-refractivity contribution in [3.8, 4) is 5.75 Å². The van der Waals surface area contributed by atoms with E-state index >= 15 is 0 Å². The fourth-order valence-corrected chi connectivity index (χ4v) is 5.49. The molecule has 0 aromatic heterocycles. The Hall–Kier alpha value is -3.85. The molecule has 0 heterocycles. The van der Waals surface area contributed by atoms with Gasteiger partial charge in [-0.3, -0.25) is 13.9 Å². The molecule has 2 amide bonds. The normalized spacial score (nSPS) is 12.3. The number of ether oxygens (including phenoxy) is 1. The molecule has 0 spiro atoms. The van der Waals surface area contributed by atoms with Crippen molar-refractivity contribution in [2.24, 2.45) is 0 Å². The molecule has 0 aliphatic rings. The molecule has 0 aliphatic carbocycles. The van der Waals surface area contributed by atoms with Gasteiger partial charge in [-0.25, -0.2) is 8.42 Å². The van der Waals surface area contributed by atoms with Crippen LogP contribution in [0.4, 0.5) is 5.69 Å². The van der Waals surface area contributed by atoms with Crippen LogP contribution in [0.25, 0.3) is 0 Å². The lowest BCUT2D eigenvalue weighted by Crippen LogP contribution is -2.54. The zero-order valence-electron chi connectivity index (χ0n) is 24.0. The smallest absolute Gasteiger partial charge is 0.264 e. The molecule has 3 aromatic rings. The largest absolute Gasteiger partial charge is 0.494 e. The summed E-state index contributed by atoms with van der Waals surface area (Å²) in [5.74, 6) is -0.282. The summed E-state index contributed by atoms with van der Waals surface area (Å²) in [5, 5.41) is 2.93. The number of carbonyl (C=O) groups is 2. The molecule has 0 saturated carbocycles. The van der Waals surface area contributed by atoms with E-state index in [0.717, 1.165) is 15.4 Å². The van der Waals surface area contributed by atoms with Gasteiger partial charge in [0.2, 0.25) is 11.8 Å². The summed E-state index contributed by atoms with van der Waals surface area (Å²) >= 11 is 0. The Kier molecular flexibility index (Phi) is 9.98. The van der Waals surface area contributed by atoms with Crippen LogP contribution in [0.15, 0.2) is 83.8 Å². The van der Waals surface area contributed by atoms with Crippen molar-refractivity contribution in [2.45, 2.75) is 64.6 Å². The summed E-state index contributed by atoms with van der Waals surface area (Å²) in [6.07, 6.45) is 0. The van der Waals surface area contributed by atoms with Crippen LogP contribution >= 0.6 is 0 Å². The Labute approximate surface area is 238 Å². The molecule has 0 radical (unpaired) electrons. The minimum atomic E-state index is -4.15. The second kappa shape index (κ2) is 13.0. The zero-order valence-corrected chi connectivity index (χ0v) is 24.9. The average molecular weight is 566 g/mol. The molecule has 0 saturated heterocycles. The van der Waals surface area contributed by atoms with Crippen LogP contribution in [-0.2, 0) is 26.2 Å². The van der Waals surface area contributed by atoms with Gasteiger partial charge in [0.25, 0.3) is 10.0 Å². The first kappa shape index (κ1) is 30.7. The van der Waals surface area contributed by atoms with E-state index in [0.29, 0.717) is 18.0 Å². The second-order valence-electron chi connectivity index (χ2n) is 10.7. The Balaban J connectivity index is 2.01. The van der Waals surface area contributed by atoms with E-state index in [1.807, 2.05) is 65.0 Å². The molecular weight excluding hydrogens is 526 g/mol. The summed E-state index contributed by atoms with van der Waals surface area (Å²) in [6, 6.07) is 21.5. The van der Waals surface area contributed by atoms with E-state index in [4.69, 9.17) is 4.74 Å². The van der Waals surface area contributed by atoms with E-state index in [9.17, 15) is 18.0 Å². The van der Waals surface area contributed by atoms with Crippen LogP contribution in [0.2, 0.25) is 0 Å². The molecule has 40 heavy (non-hydrogen) atoms. The SMILES string of the molecule is CCOc1ccc(S(=O)(=O)N(CC(=O)N(Cc2ccccc2)[C@@H](C)C(=O)NC(C)(C)C)c2ccc(C)cc2)cc1. The lowest BCUT2D eigenvalue weighted by Gasteiger charge is -2.33. The van der Waals surface area contributed by atoms with Crippen molar-refractivity contribution in [1.29, 1.82) is 0 Å². The molecule has 0 fully saturated rings. The van der Waals surface area contributed by atoms with Gasteiger partial charge in [0, 0.05) is 12.1 Å². The van der Waals surface area contributed by atoms with Crippen LogP contribution in [0.5, 0.6) is 5.75 Å². The monoisotopic (exact) mass is 565 g/mol. The molecule has 8 nitrogen and oxygen atoms in total. The van der Waals surface area contributed by atoms with Gasteiger partial charge in [0.05, 0.1) is 17.2 Å². The maximum atomic E-state index is 13.9. The van der Waals surface area contributed by atoms with Gasteiger partial charge in [-0.1, -0.05) is 48.0 Å². The van der Waals surface area contributed by atoms with E-state index in [2.05, 4.69) is 5.32 Å². The molecular formula is C31H39N3O5S. The van der Waals surface area contributed by atoms with Gasteiger partial charge in [-0.05, 0) is 83.5 Å². The number of hydrogen-bond acceptors (Lipinski definition) is 5. The van der Waals surface area contributed by atoms with Gasteiger partial charge < -0.3 is 15.0 Å². The summed E-state index contributed by atoms with van der Waals surface area (Å²) < 4.78 is 34.4. The second-order valence-corrected chi connectivity index (χ2v) is 12.5. The number of nitrogens with zero attached hydrogens (tertiary/aromatic N) is 2. The van der Waals surface area contributed by atoms with Gasteiger partial charge >= 0.3 is 0 Å². The maximum absolute atomic E-state index is 13.9. The van der Waals surface area contributed by atoms with Crippen LogP contribution in [-0.4, -0.2) is 49.9 Å². The molecule has 3 aromatic carbocycles. The molecule has 0 bridgehead atoms. The highest BCUT2D eigenvalue weighted by atomic mass is 32.2. The quantitative estimate of drug-likeness (QED) is 0.356. The standard InChI is InChI=1S/C31H39N3O5S/c1-7-39-27-17-19-28(20-18-27)40(37,38)34(26-15-13-23(2)14-16-26)22-29(35)33(21-25-11-9-8-10-12-25)24(3)30(36)32-31(4,5)6/h8-20,24H,7,21-22H2,1-6H3,(H,32,36)/t24-/m0/s1. The fraction of sp³-hybridized carbons (Fsp3) is 0.355. The van der Waals surface area contributed by atoms with Gasteiger partial charge in [-0.15, -0.1) is 0 Å². The van der Waals surface area contributed by atoms with Crippen molar-refractivity contribution in [1.82, 2.24) is 10.2 Å². The molecule has 0 aliphatic heterocycles. The predicted molar refractivity (Wildman–Crippen MR) is 158 cm³/mol. The van der Waals surface area contributed by atoms with Crippen molar-refractivity contribution in [2.75, 3.05) is 17.5 Å². The van der Waals surface area contributed by atoms with Crippen LogP contribution in [0, 0.1) is 6.92 Å². The number of rotatable bonds is 11. The summed E-state index contributed by atoms with van der Waals surface area (Å²) in [4.78, 5) is 28.5. The van der Waals surface area contributed by atoms with Gasteiger partial charge in [-0.2, -0.15) is 0 Å². The topological polar surface area (TPSA) is 96.0 Å². The number of sulfonamides is 1. The number of nitrogens with one attached hydrogen (secondary N) is 1. The minimum Gasteiger partial charge on any atom is -0.494 e. The third-order valence-electron chi connectivity index (χ3n) is 6.18. The molecule has 0 unspecified atom stereocenters. The number of amides is 2. The van der Waals surface area contributed by atoms with Crippen molar-refractivity contribution in [3.05, 3.63) is 90.0 Å². The number of anilines is 1. The number of hydrogen-bond donors (Lipinski definition) is 1. The van der Waals surface area contributed by atoms with Crippen molar-refractivity contribution >= 4 is 27.5 Å². The molecule has 1 atom stereocenters. The highest BCUT2D eigenvalue weighted by Gasteiger charge is 2.33. The number of benzene rings is 3. The van der Waals surface area contributed by atoms with Crippen LogP contribution < -0.4 is 14.4 Å². The average Bonchev–Trinajstić information content (AvgIpc) is 2.90. The van der Waals surface area contributed by atoms with Gasteiger partial charge in [0.15, 0.2) is 0 Å². The number of carbonyl (C=O) groups excluding carboxylic acids is 2. The van der Waals surface area contributed by atoms with Crippen molar-refractivity contribution < 1.29 is 22.7 Å². The maximum Gasteiger partial charge on any atom is 0.264 e. The highest BCUT2D eigenvalue weighted by molar-refractivity contribution is 7.92. The molecule has 9 heteroatoms. The first-order chi connectivity index (χ1) is 18.8. The third kappa shape index (κ3) is 8.08. The summed E-state index contributed by atoms with van der Waals surface area (Å²) in [5.41, 5.74) is 1.62. The fourth-order valence-electron chi connectivity index (χ4n) is 4.08. The summed E-state index contributed by atoms with van der Waals surface area (Å²) in [7, 11) is -4.15. The molecule has 1 N–H and O–H groups in total. The van der Waals surface area contributed by atoms with E-state index in [1.54, 1.807) is 43.3 Å². The highest BCUT2D eigenvalue weighted by Crippen LogP contribution is 2.26. The Morgan fingerprint density at radius 2 is 1.52 bits per heavy atom.